The number of aliphatic hydroxyl groups excluding tert-OH is 1. The largest absolute Gasteiger partial charge is 0.482 e. The molecule has 0 unspecified atom stereocenters. The summed E-state index contributed by atoms with van der Waals surface area (Å²) in [5.74, 6) is 0.175. The van der Waals surface area contributed by atoms with Gasteiger partial charge in [-0.3, -0.25) is 4.79 Å². The summed E-state index contributed by atoms with van der Waals surface area (Å²) >= 11 is 11.8. The molecule has 6 heteroatoms. The van der Waals surface area contributed by atoms with Crippen LogP contribution in [0.15, 0.2) is 18.2 Å². The van der Waals surface area contributed by atoms with Crippen molar-refractivity contribution in [2.45, 2.75) is 26.7 Å². The Morgan fingerprint density at radius 3 is 2.76 bits per heavy atom. The van der Waals surface area contributed by atoms with Crippen LogP contribution in [-0.4, -0.2) is 30.8 Å². The minimum absolute atomic E-state index is 0.108. The van der Waals surface area contributed by atoms with Crippen LogP contribution in [0.5, 0.6) is 5.75 Å². The highest BCUT2D eigenvalue weighted by Crippen LogP contribution is 2.27. The lowest BCUT2D eigenvalue weighted by atomic mass is 9.89. The fourth-order valence-corrected chi connectivity index (χ4v) is 1.99. The number of aliphatic hydroxyl groups is 1. The van der Waals surface area contributed by atoms with E-state index >= 15 is 0 Å². The van der Waals surface area contributed by atoms with E-state index in [1.807, 2.05) is 13.8 Å². The van der Waals surface area contributed by atoms with Gasteiger partial charge in [0.15, 0.2) is 6.61 Å². The van der Waals surface area contributed by atoms with Gasteiger partial charge in [0.1, 0.15) is 5.75 Å². The Bertz CT molecular complexity index is 478. The number of hydrogen-bond donors (Lipinski definition) is 2. The van der Waals surface area contributed by atoms with Crippen molar-refractivity contribution in [3.8, 4) is 5.75 Å². The molecule has 0 atom stereocenters. The predicted octanol–water partition coefficient (Wildman–Crippen LogP) is 3.29. The Hall–Kier alpha value is -0.970. The van der Waals surface area contributed by atoms with Gasteiger partial charge in [-0.1, -0.05) is 37.0 Å². The minimum atomic E-state index is -0.215. The topological polar surface area (TPSA) is 58.6 Å². The van der Waals surface area contributed by atoms with E-state index in [-0.39, 0.29) is 24.5 Å². The smallest absolute Gasteiger partial charge is 0.257 e. The van der Waals surface area contributed by atoms with Crippen molar-refractivity contribution in [3.05, 3.63) is 28.2 Å². The molecule has 118 valence electrons. The number of nitrogens with one attached hydrogen (secondary N) is 1. The summed E-state index contributed by atoms with van der Waals surface area (Å²) < 4.78 is 5.33. The quantitative estimate of drug-likeness (QED) is 0.717. The lowest BCUT2D eigenvalue weighted by Crippen LogP contribution is -2.30. The molecule has 0 saturated heterocycles. The molecule has 0 fully saturated rings. The third-order valence-electron chi connectivity index (χ3n) is 3.03. The number of carbonyl (C=O) groups is 1. The van der Waals surface area contributed by atoms with Crippen LogP contribution in [0.2, 0.25) is 10.0 Å². The highest BCUT2D eigenvalue weighted by molar-refractivity contribution is 6.34. The molecule has 0 aliphatic rings. The molecule has 1 aromatic rings. The molecular formula is C15H21Cl2NO3. The summed E-state index contributed by atoms with van der Waals surface area (Å²) in [6.07, 6.45) is 1.64. The molecule has 1 rings (SSSR count). The second kappa shape index (κ2) is 8.47. The summed E-state index contributed by atoms with van der Waals surface area (Å²) in [6.45, 7) is 4.55. The van der Waals surface area contributed by atoms with Gasteiger partial charge in [-0.2, -0.15) is 0 Å². The number of carbonyl (C=O) groups excluding carboxylic acids is 1. The Labute approximate surface area is 135 Å². The van der Waals surface area contributed by atoms with Crippen molar-refractivity contribution in [3.63, 3.8) is 0 Å². The second-order valence-electron chi connectivity index (χ2n) is 5.64. The van der Waals surface area contributed by atoms with E-state index in [4.69, 9.17) is 33.0 Å². The summed E-state index contributed by atoms with van der Waals surface area (Å²) in [5, 5.41) is 12.8. The van der Waals surface area contributed by atoms with Crippen LogP contribution in [0, 0.1) is 5.41 Å². The maximum Gasteiger partial charge on any atom is 0.257 e. The molecule has 2 N–H and O–H groups in total. The number of benzene rings is 1. The van der Waals surface area contributed by atoms with Gasteiger partial charge in [-0.15, -0.1) is 0 Å². The zero-order chi connectivity index (χ0) is 15.9. The van der Waals surface area contributed by atoms with Gasteiger partial charge in [-0.25, -0.2) is 0 Å². The highest BCUT2D eigenvalue weighted by Gasteiger charge is 2.15. The van der Waals surface area contributed by atoms with Gasteiger partial charge in [-0.05, 0) is 30.4 Å². The molecule has 0 spiro atoms. The molecular weight excluding hydrogens is 313 g/mol. The van der Waals surface area contributed by atoms with Gasteiger partial charge in [0.05, 0.1) is 5.02 Å². The van der Waals surface area contributed by atoms with E-state index in [0.29, 0.717) is 22.3 Å². The first kappa shape index (κ1) is 18.1. The van der Waals surface area contributed by atoms with E-state index in [9.17, 15) is 4.79 Å². The maximum absolute atomic E-state index is 11.6. The molecule has 1 amide bonds. The fourth-order valence-electron chi connectivity index (χ4n) is 1.66. The Kier molecular flexibility index (Phi) is 7.29. The molecule has 0 aromatic heterocycles. The Morgan fingerprint density at radius 2 is 2.10 bits per heavy atom. The molecule has 0 bridgehead atoms. The second-order valence-corrected chi connectivity index (χ2v) is 6.48. The molecule has 0 heterocycles. The summed E-state index contributed by atoms with van der Waals surface area (Å²) in [7, 11) is 0. The Morgan fingerprint density at radius 1 is 1.38 bits per heavy atom. The summed E-state index contributed by atoms with van der Waals surface area (Å²) in [5.41, 5.74) is -0.116. The van der Waals surface area contributed by atoms with Gasteiger partial charge in [0.25, 0.3) is 5.91 Å². The van der Waals surface area contributed by atoms with E-state index in [1.54, 1.807) is 18.2 Å². The van der Waals surface area contributed by atoms with Crippen LogP contribution in [-0.2, 0) is 4.79 Å². The fraction of sp³-hybridized carbons (Fsp3) is 0.533. The molecule has 0 saturated carbocycles. The zero-order valence-electron chi connectivity index (χ0n) is 12.3. The maximum atomic E-state index is 11.6. The number of rotatable bonds is 8. The van der Waals surface area contributed by atoms with Crippen LogP contribution in [0.4, 0.5) is 0 Å². The van der Waals surface area contributed by atoms with E-state index in [2.05, 4.69) is 5.32 Å². The highest BCUT2D eigenvalue weighted by atomic mass is 35.5. The summed E-state index contributed by atoms with van der Waals surface area (Å²) in [4.78, 5) is 11.6. The van der Waals surface area contributed by atoms with Crippen LogP contribution in [0.3, 0.4) is 0 Å². The van der Waals surface area contributed by atoms with Crippen LogP contribution < -0.4 is 10.1 Å². The molecule has 0 radical (unpaired) electrons. The SMILES string of the molecule is CC(C)(CO)CCCNC(=O)COc1cc(Cl)ccc1Cl. The number of ether oxygens (including phenoxy) is 1. The minimum Gasteiger partial charge on any atom is -0.482 e. The van der Waals surface area contributed by atoms with Gasteiger partial charge < -0.3 is 15.2 Å². The first-order valence-electron chi connectivity index (χ1n) is 6.79. The standard InChI is InChI=1S/C15H21Cl2NO3/c1-15(2,10-19)6-3-7-18-14(20)9-21-13-8-11(16)4-5-12(13)17/h4-5,8,19H,3,6-7,9-10H2,1-2H3,(H,18,20). The van der Waals surface area contributed by atoms with Crippen molar-refractivity contribution in [1.29, 1.82) is 0 Å². The van der Waals surface area contributed by atoms with E-state index in [1.165, 1.54) is 0 Å². The molecule has 1 aromatic carbocycles. The molecule has 0 aliphatic carbocycles. The lowest BCUT2D eigenvalue weighted by Gasteiger charge is -2.21. The third kappa shape index (κ3) is 7.02. The number of hydrogen-bond acceptors (Lipinski definition) is 3. The molecule has 0 aliphatic heterocycles. The first-order chi connectivity index (χ1) is 9.84. The number of amides is 1. The average Bonchev–Trinajstić information content (AvgIpc) is 2.44. The van der Waals surface area contributed by atoms with Gasteiger partial charge in [0.2, 0.25) is 0 Å². The van der Waals surface area contributed by atoms with Gasteiger partial charge in [0, 0.05) is 24.2 Å². The normalized spacial score (nSPS) is 11.3. The first-order valence-corrected chi connectivity index (χ1v) is 7.55. The van der Waals surface area contributed by atoms with Crippen molar-refractivity contribution >= 4 is 29.1 Å². The summed E-state index contributed by atoms with van der Waals surface area (Å²) in [6, 6.07) is 4.84. The van der Waals surface area contributed by atoms with E-state index < -0.39 is 0 Å². The Balaban J connectivity index is 2.27. The lowest BCUT2D eigenvalue weighted by molar-refractivity contribution is -0.123. The van der Waals surface area contributed by atoms with Crippen LogP contribution in [0.1, 0.15) is 26.7 Å². The van der Waals surface area contributed by atoms with E-state index in [0.717, 1.165) is 12.8 Å². The van der Waals surface area contributed by atoms with Crippen LogP contribution in [0.25, 0.3) is 0 Å². The molecule has 4 nitrogen and oxygen atoms in total. The predicted molar refractivity (Wildman–Crippen MR) is 85.1 cm³/mol. The van der Waals surface area contributed by atoms with Crippen molar-refractivity contribution in [1.82, 2.24) is 5.32 Å². The van der Waals surface area contributed by atoms with Crippen molar-refractivity contribution in [2.24, 2.45) is 5.41 Å². The van der Waals surface area contributed by atoms with Crippen LogP contribution >= 0.6 is 23.2 Å². The van der Waals surface area contributed by atoms with Crippen molar-refractivity contribution < 1.29 is 14.6 Å². The number of halogens is 2. The average molecular weight is 334 g/mol. The third-order valence-corrected chi connectivity index (χ3v) is 3.58. The van der Waals surface area contributed by atoms with Gasteiger partial charge >= 0.3 is 0 Å². The molecule has 21 heavy (non-hydrogen) atoms. The van der Waals surface area contributed by atoms with Crippen molar-refractivity contribution in [2.75, 3.05) is 19.8 Å². The monoisotopic (exact) mass is 333 g/mol. The zero-order valence-corrected chi connectivity index (χ0v) is 13.8.